The molecule has 1 saturated heterocycles. The molecular weight excluding hydrogens is 298 g/mol. The van der Waals surface area contributed by atoms with E-state index >= 15 is 0 Å². The highest BCUT2D eigenvalue weighted by atomic mass is 16.2. The topological polar surface area (TPSA) is 35.6 Å². The highest BCUT2D eigenvalue weighted by molar-refractivity contribution is 5.88. The molecule has 0 aliphatic carbocycles. The number of nitrogens with one attached hydrogen (secondary N) is 1. The Balaban J connectivity index is 1.35. The Morgan fingerprint density at radius 1 is 0.958 bits per heavy atom. The molecule has 2 aliphatic rings. The van der Waals surface area contributed by atoms with Gasteiger partial charge in [-0.15, -0.1) is 0 Å². The quantitative estimate of drug-likeness (QED) is 0.944. The summed E-state index contributed by atoms with van der Waals surface area (Å²) in [6, 6.07) is 18.7. The number of carbonyl (C=O) groups excluding carboxylic acids is 1. The van der Waals surface area contributed by atoms with E-state index in [1.165, 1.54) is 5.56 Å². The van der Waals surface area contributed by atoms with Crippen LogP contribution in [-0.2, 0) is 11.3 Å². The number of amides is 1. The number of hydrogen-bond acceptors (Lipinski definition) is 3. The van der Waals surface area contributed by atoms with Gasteiger partial charge in [-0.3, -0.25) is 9.69 Å². The molecule has 1 N–H and O–H groups in total. The maximum Gasteiger partial charge on any atom is 0.232 e. The van der Waals surface area contributed by atoms with Crippen molar-refractivity contribution < 1.29 is 4.79 Å². The summed E-state index contributed by atoms with van der Waals surface area (Å²) in [6.07, 6.45) is 0. The van der Waals surface area contributed by atoms with Gasteiger partial charge in [0.1, 0.15) is 0 Å². The predicted molar refractivity (Wildman–Crippen MR) is 96.0 cm³/mol. The van der Waals surface area contributed by atoms with Crippen LogP contribution >= 0.6 is 0 Å². The molecule has 1 unspecified atom stereocenters. The van der Waals surface area contributed by atoms with Gasteiger partial charge in [0.25, 0.3) is 0 Å². The Morgan fingerprint density at radius 3 is 2.46 bits per heavy atom. The maximum atomic E-state index is 12.9. The van der Waals surface area contributed by atoms with Gasteiger partial charge in [0, 0.05) is 45.0 Å². The first kappa shape index (κ1) is 15.2. The summed E-state index contributed by atoms with van der Waals surface area (Å²) in [6.45, 7) is 5.23. The van der Waals surface area contributed by atoms with Crippen molar-refractivity contribution in [2.45, 2.75) is 12.5 Å². The fourth-order valence-electron chi connectivity index (χ4n) is 3.69. The molecule has 0 bridgehead atoms. The van der Waals surface area contributed by atoms with Gasteiger partial charge in [0.05, 0.1) is 5.92 Å². The lowest BCUT2D eigenvalue weighted by molar-refractivity contribution is -0.134. The van der Waals surface area contributed by atoms with Crippen molar-refractivity contribution in [1.82, 2.24) is 9.80 Å². The van der Waals surface area contributed by atoms with Crippen LogP contribution in [0.2, 0.25) is 0 Å². The predicted octanol–water partition coefficient (Wildman–Crippen LogP) is 2.54. The summed E-state index contributed by atoms with van der Waals surface area (Å²) in [4.78, 5) is 17.4. The minimum atomic E-state index is -0.0260. The molecule has 0 spiro atoms. The molecule has 24 heavy (non-hydrogen) atoms. The second-order valence-corrected chi connectivity index (χ2v) is 6.61. The number of nitrogens with zero attached hydrogens (tertiary/aromatic N) is 2. The molecule has 124 valence electrons. The summed E-state index contributed by atoms with van der Waals surface area (Å²) in [5.74, 6) is 0.244. The molecule has 0 saturated carbocycles. The Morgan fingerprint density at radius 2 is 1.67 bits per heavy atom. The second-order valence-electron chi connectivity index (χ2n) is 6.61. The number of benzene rings is 2. The van der Waals surface area contributed by atoms with Gasteiger partial charge in [-0.2, -0.15) is 0 Å². The largest absolute Gasteiger partial charge is 0.384 e. The van der Waals surface area contributed by atoms with Gasteiger partial charge in [-0.05, 0) is 17.2 Å². The SMILES string of the molecule is O=C(C1CNc2ccccc21)N1CCN(Cc2ccccc2)CC1. The van der Waals surface area contributed by atoms with E-state index in [0.717, 1.165) is 50.5 Å². The third kappa shape index (κ3) is 3.02. The van der Waals surface area contributed by atoms with Gasteiger partial charge in [0.2, 0.25) is 5.91 Å². The van der Waals surface area contributed by atoms with Crippen LogP contribution in [-0.4, -0.2) is 48.4 Å². The van der Waals surface area contributed by atoms with Crippen LogP contribution in [0.25, 0.3) is 0 Å². The molecule has 4 heteroatoms. The van der Waals surface area contributed by atoms with Gasteiger partial charge < -0.3 is 10.2 Å². The van der Waals surface area contributed by atoms with Crippen molar-refractivity contribution in [1.29, 1.82) is 0 Å². The van der Waals surface area contributed by atoms with Gasteiger partial charge in [0.15, 0.2) is 0 Å². The number of fused-ring (bicyclic) bond motifs is 1. The molecule has 2 aromatic rings. The molecule has 1 atom stereocenters. The van der Waals surface area contributed by atoms with E-state index < -0.39 is 0 Å². The van der Waals surface area contributed by atoms with E-state index in [1.54, 1.807) is 0 Å². The number of hydrogen-bond donors (Lipinski definition) is 1. The Kier molecular flexibility index (Phi) is 4.22. The minimum Gasteiger partial charge on any atom is -0.384 e. The summed E-state index contributed by atoms with van der Waals surface area (Å²) >= 11 is 0. The summed E-state index contributed by atoms with van der Waals surface area (Å²) in [5.41, 5.74) is 3.60. The van der Waals surface area contributed by atoms with E-state index in [0.29, 0.717) is 0 Å². The maximum absolute atomic E-state index is 12.9. The summed E-state index contributed by atoms with van der Waals surface area (Å²) < 4.78 is 0. The van der Waals surface area contributed by atoms with Crippen molar-refractivity contribution in [3.63, 3.8) is 0 Å². The molecular formula is C20H23N3O. The van der Waals surface area contributed by atoms with Crippen molar-refractivity contribution in [2.75, 3.05) is 38.0 Å². The molecule has 2 aliphatic heterocycles. The zero-order valence-corrected chi connectivity index (χ0v) is 13.8. The standard InChI is InChI=1S/C20H23N3O/c24-20(18-14-21-19-9-5-4-8-17(18)19)23-12-10-22(11-13-23)15-16-6-2-1-3-7-16/h1-9,18,21H,10-15H2. The minimum absolute atomic E-state index is 0.0260. The van der Waals surface area contributed by atoms with Crippen LogP contribution < -0.4 is 5.32 Å². The first-order valence-corrected chi connectivity index (χ1v) is 8.69. The fraction of sp³-hybridized carbons (Fsp3) is 0.350. The first-order chi connectivity index (χ1) is 11.8. The molecule has 2 heterocycles. The van der Waals surface area contributed by atoms with E-state index in [-0.39, 0.29) is 11.8 Å². The van der Waals surface area contributed by atoms with E-state index in [4.69, 9.17) is 0 Å². The van der Waals surface area contributed by atoms with E-state index in [9.17, 15) is 4.79 Å². The highest BCUT2D eigenvalue weighted by Gasteiger charge is 2.32. The van der Waals surface area contributed by atoms with Crippen molar-refractivity contribution in [2.24, 2.45) is 0 Å². The summed E-state index contributed by atoms with van der Waals surface area (Å²) in [5, 5.41) is 3.35. The van der Waals surface area contributed by atoms with Crippen LogP contribution in [0.1, 0.15) is 17.0 Å². The number of anilines is 1. The summed E-state index contributed by atoms with van der Waals surface area (Å²) in [7, 11) is 0. The Labute approximate surface area is 143 Å². The van der Waals surface area contributed by atoms with Crippen LogP contribution in [0, 0.1) is 0 Å². The average molecular weight is 321 g/mol. The van der Waals surface area contributed by atoms with Crippen LogP contribution in [0.4, 0.5) is 5.69 Å². The lowest BCUT2D eigenvalue weighted by atomic mass is 9.99. The Bertz CT molecular complexity index is 708. The smallest absolute Gasteiger partial charge is 0.232 e. The normalized spacial score (nSPS) is 20.5. The van der Waals surface area contributed by atoms with Crippen LogP contribution in [0.5, 0.6) is 0 Å². The fourth-order valence-corrected chi connectivity index (χ4v) is 3.69. The molecule has 0 radical (unpaired) electrons. The van der Waals surface area contributed by atoms with E-state index in [2.05, 4.69) is 46.6 Å². The van der Waals surface area contributed by atoms with E-state index in [1.807, 2.05) is 23.1 Å². The highest BCUT2D eigenvalue weighted by Crippen LogP contribution is 2.32. The average Bonchev–Trinajstić information content (AvgIpc) is 3.07. The van der Waals surface area contributed by atoms with Crippen LogP contribution in [0.15, 0.2) is 54.6 Å². The Hall–Kier alpha value is -2.33. The monoisotopic (exact) mass is 321 g/mol. The molecule has 1 fully saturated rings. The van der Waals surface area contributed by atoms with Gasteiger partial charge >= 0.3 is 0 Å². The lowest BCUT2D eigenvalue weighted by Gasteiger charge is -2.36. The number of rotatable bonds is 3. The number of carbonyl (C=O) groups is 1. The van der Waals surface area contributed by atoms with Crippen LogP contribution in [0.3, 0.4) is 0 Å². The molecule has 2 aromatic carbocycles. The zero-order chi connectivity index (χ0) is 16.4. The van der Waals surface area contributed by atoms with Gasteiger partial charge in [-0.25, -0.2) is 0 Å². The molecule has 4 rings (SSSR count). The third-order valence-corrected chi connectivity index (χ3v) is 5.06. The molecule has 4 nitrogen and oxygen atoms in total. The zero-order valence-electron chi connectivity index (χ0n) is 13.8. The lowest BCUT2D eigenvalue weighted by Crippen LogP contribution is -2.49. The van der Waals surface area contributed by atoms with Crippen molar-refractivity contribution >= 4 is 11.6 Å². The third-order valence-electron chi connectivity index (χ3n) is 5.06. The van der Waals surface area contributed by atoms with Crippen molar-refractivity contribution in [3.8, 4) is 0 Å². The second kappa shape index (κ2) is 6.65. The molecule has 1 amide bonds. The number of piperazine rings is 1. The first-order valence-electron chi connectivity index (χ1n) is 8.69. The molecule has 0 aromatic heterocycles. The van der Waals surface area contributed by atoms with Gasteiger partial charge in [-0.1, -0.05) is 48.5 Å². The number of para-hydroxylation sites is 1. The van der Waals surface area contributed by atoms with Crippen molar-refractivity contribution in [3.05, 3.63) is 65.7 Å².